The van der Waals surface area contributed by atoms with Crippen LogP contribution in [-0.2, 0) is 6.54 Å². The third-order valence-corrected chi connectivity index (χ3v) is 5.80. The van der Waals surface area contributed by atoms with Crippen molar-refractivity contribution < 1.29 is 9.53 Å². The lowest BCUT2D eigenvalue weighted by molar-refractivity contribution is 0.102. The molecule has 0 aliphatic rings. The summed E-state index contributed by atoms with van der Waals surface area (Å²) in [6, 6.07) is 26.0. The zero-order valence-corrected chi connectivity index (χ0v) is 20.4. The first-order chi connectivity index (χ1) is 18.0. The molecule has 0 fully saturated rings. The number of methoxy groups -OCH3 is 1. The summed E-state index contributed by atoms with van der Waals surface area (Å²) in [7, 11) is 1.60. The van der Waals surface area contributed by atoms with E-state index in [-0.39, 0.29) is 11.5 Å². The molecule has 2 aromatic heterocycles. The lowest BCUT2D eigenvalue weighted by atomic mass is 10.1. The molecule has 8 nitrogen and oxygen atoms in total. The summed E-state index contributed by atoms with van der Waals surface area (Å²) < 4.78 is 7.14. The van der Waals surface area contributed by atoms with Gasteiger partial charge in [-0.05, 0) is 36.8 Å². The van der Waals surface area contributed by atoms with Crippen molar-refractivity contribution in [2.24, 2.45) is 0 Å². The first-order valence-corrected chi connectivity index (χ1v) is 11.7. The van der Waals surface area contributed by atoms with Crippen molar-refractivity contribution in [1.29, 1.82) is 0 Å². The Balaban J connectivity index is 1.49. The molecular formula is C29H25N5O3. The highest BCUT2D eigenvalue weighted by atomic mass is 16.5. The Bertz CT molecular complexity index is 1620. The van der Waals surface area contributed by atoms with Gasteiger partial charge in [0.1, 0.15) is 17.3 Å². The van der Waals surface area contributed by atoms with Crippen LogP contribution < -0.4 is 15.6 Å². The minimum Gasteiger partial charge on any atom is -0.497 e. The van der Waals surface area contributed by atoms with Gasteiger partial charge < -0.3 is 15.0 Å². The number of anilines is 1. The minimum absolute atomic E-state index is 0.231. The molecule has 0 radical (unpaired) electrons. The fourth-order valence-electron chi connectivity index (χ4n) is 4.08. The maximum atomic E-state index is 13.5. The number of carbonyl (C=O) groups is 1. The number of nitrogens with zero attached hydrogens (tertiary/aromatic N) is 3. The number of aryl methyl sites for hydroxylation is 1. The predicted octanol–water partition coefficient (Wildman–Crippen LogP) is 4.92. The van der Waals surface area contributed by atoms with Gasteiger partial charge in [0, 0.05) is 34.8 Å². The number of carbonyl (C=O) groups excluding carboxylic acids is 1. The van der Waals surface area contributed by atoms with Crippen LogP contribution in [0.4, 0.5) is 5.69 Å². The van der Waals surface area contributed by atoms with Crippen molar-refractivity contribution >= 4 is 11.6 Å². The molecule has 0 aliphatic carbocycles. The number of hydrogen-bond donors (Lipinski definition) is 2. The molecule has 0 aliphatic heterocycles. The molecule has 0 atom stereocenters. The number of aromatic amines is 1. The smallest absolute Gasteiger partial charge is 0.259 e. The predicted molar refractivity (Wildman–Crippen MR) is 143 cm³/mol. The Hall–Kier alpha value is -4.98. The van der Waals surface area contributed by atoms with Gasteiger partial charge in [-0.3, -0.25) is 14.3 Å². The van der Waals surface area contributed by atoms with Crippen molar-refractivity contribution in [3.63, 3.8) is 0 Å². The molecule has 5 aromatic rings. The number of H-pyrrole nitrogens is 1. The van der Waals surface area contributed by atoms with E-state index in [1.165, 1.54) is 6.07 Å². The zero-order chi connectivity index (χ0) is 25.8. The van der Waals surface area contributed by atoms with Gasteiger partial charge >= 0.3 is 0 Å². The lowest BCUT2D eigenvalue weighted by Crippen LogP contribution is -2.13. The van der Waals surface area contributed by atoms with E-state index in [1.54, 1.807) is 43.1 Å². The van der Waals surface area contributed by atoms with Gasteiger partial charge in [0.05, 0.1) is 19.2 Å². The van der Waals surface area contributed by atoms with Gasteiger partial charge in [0.15, 0.2) is 0 Å². The number of amides is 1. The van der Waals surface area contributed by atoms with Crippen molar-refractivity contribution in [3.05, 3.63) is 118 Å². The molecule has 2 N–H and O–H groups in total. The largest absolute Gasteiger partial charge is 0.497 e. The topological polar surface area (TPSA) is 102 Å². The molecule has 0 spiro atoms. The highest BCUT2D eigenvalue weighted by Gasteiger charge is 2.19. The Kier molecular flexibility index (Phi) is 6.63. The van der Waals surface area contributed by atoms with Crippen LogP contribution in [0.3, 0.4) is 0 Å². The molecule has 5 rings (SSSR count). The second kappa shape index (κ2) is 10.3. The summed E-state index contributed by atoms with van der Waals surface area (Å²) in [4.78, 5) is 32.6. The number of rotatable bonds is 7. The van der Waals surface area contributed by atoms with Crippen LogP contribution in [-0.4, -0.2) is 32.8 Å². The average Bonchev–Trinajstić information content (AvgIpc) is 3.33. The van der Waals surface area contributed by atoms with Crippen molar-refractivity contribution in [2.45, 2.75) is 13.5 Å². The summed E-state index contributed by atoms with van der Waals surface area (Å²) >= 11 is 0. The van der Waals surface area contributed by atoms with Gasteiger partial charge in [-0.25, -0.2) is 4.98 Å². The molecule has 184 valence electrons. The molecular weight excluding hydrogens is 466 g/mol. The number of hydrogen-bond acceptors (Lipinski definition) is 5. The van der Waals surface area contributed by atoms with Gasteiger partial charge in [0.25, 0.3) is 11.5 Å². The van der Waals surface area contributed by atoms with E-state index >= 15 is 0 Å². The Morgan fingerprint density at radius 1 is 0.973 bits per heavy atom. The Morgan fingerprint density at radius 2 is 1.76 bits per heavy atom. The second-order valence-corrected chi connectivity index (χ2v) is 8.58. The van der Waals surface area contributed by atoms with Crippen LogP contribution in [0.5, 0.6) is 5.75 Å². The van der Waals surface area contributed by atoms with Crippen molar-refractivity contribution in [3.8, 4) is 28.4 Å². The van der Waals surface area contributed by atoms with Crippen LogP contribution in [0.25, 0.3) is 22.6 Å². The van der Waals surface area contributed by atoms with Crippen LogP contribution in [0.15, 0.2) is 95.9 Å². The zero-order valence-electron chi connectivity index (χ0n) is 20.4. The van der Waals surface area contributed by atoms with Crippen LogP contribution >= 0.6 is 0 Å². The summed E-state index contributed by atoms with van der Waals surface area (Å²) in [5, 5.41) is 7.72. The quantitative estimate of drug-likeness (QED) is 0.337. The van der Waals surface area contributed by atoms with E-state index in [0.717, 1.165) is 11.1 Å². The maximum Gasteiger partial charge on any atom is 0.259 e. The summed E-state index contributed by atoms with van der Waals surface area (Å²) in [6.45, 7) is 2.28. The highest BCUT2D eigenvalue weighted by molar-refractivity contribution is 6.08. The minimum atomic E-state index is -0.306. The third-order valence-electron chi connectivity index (χ3n) is 5.80. The maximum absolute atomic E-state index is 13.5. The summed E-state index contributed by atoms with van der Waals surface area (Å²) in [6.07, 6.45) is 1.75. The molecule has 0 bridgehead atoms. The van der Waals surface area contributed by atoms with E-state index in [0.29, 0.717) is 46.3 Å². The van der Waals surface area contributed by atoms with Crippen LogP contribution in [0.2, 0.25) is 0 Å². The van der Waals surface area contributed by atoms with E-state index in [2.05, 4.69) is 15.3 Å². The van der Waals surface area contributed by atoms with Gasteiger partial charge in [-0.15, -0.1) is 0 Å². The molecule has 0 saturated carbocycles. The van der Waals surface area contributed by atoms with Crippen molar-refractivity contribution in [1.82, 2.24) is 19.7 Å². The number of benzene rings is 3. The number of aromatic nitrogens is 4. The Morgan fingerprint density at radius 3 is 2.54 bits per heavy atom. The fraction of sp³-hybridized carbons (Fsp3) is 0.103. The van der Waals surface area contributed by atoms with Gasteiger partial charge in [0.2, 0.25) is 0 Å². The standard InChI is InChI=1S/C29H25N5O3/c1-19-14-26(35)32-28(30-19)22-11-6-12-23(15-22)31-29(36)25-18-34(17-20-8-4-3-5-9-20)33-27(25)21-10-7-13-24(16-21)37-2/h3-16,18H,17H2,1-2H3,(H,31,36)(H,30,32,35). The monoisotopic (exact) mass is 491 g/mol. The van der Waals surface area contributed by atoms with E-state index in [4.69, 9.17) is 9.84 Å². The SMILES string of the molecule is COc1cccc(-c2nn(Cc3ccccc3)cc2C(=O)Nc2cccc(-c3nc(C)cc(=O)[nH]3)c2)c1. The first-order valence-electron chi connectivity index (χ1n) is 11.7. The molecule has 8 heteroatoms. The molecule has 0 unspecified atom stereocenters. The van der Waals surface area contributed by atoms with Crippen LogP contribution in [0.1, 0.15) is 21.6 Å². The molecule has 0 saturated heterocycles. The second-order valence-electron chi connectivity index (χ2n) is 8.58. The Labute approximate surface area is 213 Å². The van der Waals surface area contributed by atoms with Crippen molar-refractivity contribution in [2.75, 3.05) is 12.4 Å². The summed E-state index contributed by atoms with van der Waals surface area (Å²) in [5.41, 5.74) is 4.45. The van der Waals surface area contributed by atoms with E-state index < -0.39 is 0 Å². The molecule has 1 amide bonds. The number of ether oxygens (including phenoxy) is 1. The van der Waals surface area contributed by atoms with Gasteiger partial charge in [-0.2, -0.15) is 5.10 Å². The summed E-state index contributed by atoms with van der Waals surface area (Å²) in [5.74, 6) is 0.808. The third kappa shape index (κ3) is 5.48. The van der Waals surface area contributed by atoms with Gasteiger partial charge in [-0.1, -0.05) is 54.6 Å². The average molecular weight is 492 g/mol. The molecule has 37 heavy (non-hydrogen) atoms. The van der Waals surface area contributed by atoms with E-state index in [9.17, 15) is 9.59 Å². The number of nitrogens with one attached hydrogen (secondary N) is 2. The normalized spacial score (nSPS) is 10.8. The van der Waals surface area contributed by atoms with Crippen LogP contribution in [0, 0.1) is 6.92 Å². The fourth-order valence-corrected chi connectivity index (χ4v) is 4.08. The lowest BCUT2D eigenvalue weighted by Gasteiger charge is -2.08. The highest BCUT2D eigenvalue weighted by Crippen LogP contribution is 2.27. The first kappa shape index (κ1) is 23.7. The molecule has 3 aromatic carbocycles. The van der Waals surface area contributed by atoms with E-state index in [1.807, 2.05) is 60.7 Å². The molecule has 2 heterocycles.